The summed E-state index contributed by atoms with van der Waals surface area (Å²) in [5.41, 5.74) is 5.30. The fourth-order valence-corrected chi connectivity index (χ4v) is 0.682. The first-order valence-corrected chi connectivity index (χ1v) is 3.57. The van der Waals surface area contributed by atoms with Crippen LogP contribution in [0, 0.1) is 0 Å². The van der Waals surface area contributed by atoms with Crippen molar-refractivity contribution in [2.24, 2.45) is 5.73 Å². The van der Waals surface area contributed by atoms with Gasteiger partial charge in [0.2, 0.25) is 0 Å². The third-order valence-electron chi connectivity index (χ3n) is 1.19. The Morgan fingerprint density at radius 1 is 1.36 bits per heavy atom. The maximum atomic E-state index is 5.30. The van der Waals surface area contributed by atoms with E-state index in [1.807, 2.05) is 12.2 Å². The molecule has 0 aliphatic heterocycles. The molecule has 0 aliphatic rings. The van der Waals surface area contributed by atoms with Gasteiger partial charge >= 0.3 is 0 Å². The van der Waals surface area contributed by atoms with Crippen molar-refractivity contribution in [2.75, 3.05) is 6.54 Å². The fraction of sp³-hybridized carbons (Fsp3) is 0.250. The molecule has 0 amide bonds. The maximum Gasteiger partial charge on any atom is 0.151 e. The summed E-state index contributed by atoms with van der Waals surface area (Å²) in [6, 6.07) is 1.79. The van der Waals surface area contributed by atoms with E-state index in [9.17, 15) is 0 Å². The number of rotatable bonds is 3. The van der Waals surface area contributed by atoms with Gasteiger partial charge in [-0.2, -0.15) is 0 Å². The predicted octanol–water partition coefficient (Wildman–Crippen LogP) is 0.839. The molecule has 3 nitrogen and oxygen atoms in total. The first-order valence-electron chi connectivity index (χ1n) is 3.57. The van der Waals surface area contributed by atoms with Gasteiger partial charge in [-0.25, -0.2) is 9.97 Å². The van der Waals surface area contributed by atoms with Crippen LogP contribution >= 0.6 is 0 Å². The molecule has 58 valence electrons. The minimum Gasteiger partial charge on any atom is -0.330 e. The lowest BCUT2D eigenvalue weighted by Gasteiger charge is -1.88. The molecule has 0 saturated carbocycles. The Balaban J connectivity index is 2.50. The van der Waals surface area contributed by atoms with Gasteiger partial charge in [0.25, 0.3) is 0 Å². The predicted molar refractivity (Wildman–Crippen MR) is 44.7 cm³/mol. The van der Waals surface area contributed by atoms with Crippen LogP contribution in [-0.2, 0) is 0 Å². The van der Waals surface area contributed by atoms with Gasteiger partial charge in [0.15, 0.2) is 5.82 Å². The summed E-state index contributed by atoms with van der Waals surface area (Å²) >= 11 is 0. The summed E-state index contributed by atoms with van der Waals surface area (Å²) in [7, 11) is 0. The van der Waals surface area contributed by atoms with E-state index in [2.05, 4.69) is 9.97 Å². The highest BCUT2D eigenvalue weighted by Gasteiger charge is 1.83. The van der Waals surface area contributed by atoms with Crippen LogP contribution in [0.15, 0.2) is 24.5 Å². The van der Waals surface area contributed by atoms with Crippen molar-refractivity contribution >= 4 is 6.08 Å². The molecule has 0 spiro atoms. The number of aromatic nitrogens is 2. The molecular formula is C8H11N3. The molecule has 0 radical (unpaired) electrons. The topological polar surface area (TPSA) is 51.8 Å². The van der Waals surface area contributed by atoms with Crippen LogP contribution in [0.4, 0.5) is 0 Å². The van der Waals surface area contributed by atoms with Crippen LogP contribution in [-0.4, -0.2) is 16.5 Å². The van der Waals surface area contributed by atoms with E-state index < -0.39 is 0 Å². The Bertz CT molecular complexity index is 218. The lowest BCUT2D eigenvalue weighted by Crippen LogP contribution is -1.95. The zero-order chi connectivity index (χ0) is 7.94. The smallest absolute Gasteiger partial charge is 0.151 e. The summed E-state index contributed by atoms with van der Waals surface area (Å²) in [5, 5.41) is 0. The van der Waals surface area contributed by atoms with Gasteiger partial charge in [-0.3, -0.25) is 0 Å². The molecule has 1 aromatic rings. The summed E-state index contributed by atoms with van der Waals surface area (Å²) in [6.45, 7) is 0.670. The summed E-state index contributed by atoms with van der Waals surface area (Å²) in [5.74, 6) is 0.737. The summed E-state index contributed by atoms with van der Waals surface area (Å²) < 4.78 is 0. The second kappa shape index (κ2) is 4.57. The molecule has 0 fully saturated rings. The Labute approximate surface area is 66.0 Å². The van der Waals surface area contributed by atoms with Crippen LogP contribution in [0.1, 0.15) is 12.2 Å². The molecule has 0 unspecified atom stereocenters. The summed E-state index contributed by atoms with van der Waals surface area (Å²) in [4.78, 5) is 8.02. The highest BCUT2D eigenvalue weighted by molar-refractivity contribution is 5.38. The van der Waals surface area contributed by atoms with E-state index in [4.69, 9.17) is 5.73 Å². The van der Waals surface area contributed by atoms with Crippen LogP contribution in [0.25, 0.3) is 6.08 Å². The van der Waals surface area contributed by atoms with Crippen molar-refractivity contribution in [1.82, 2.24) is 9.97 Å². The molecule has 0 aliphatic carbocycles. The van der Waals surface area contributed by atoms with Gasteiger partial charge in [0.05, 0.1) is 0 Å². The van der Waals surface area contributed by atoms with Crippen LogP contribution in [0.2, 0.25) is 0 Å². The summed E-state index contributed by atoms with van der Waals surface area (Å²) in [6.07, 6.45) is 8.14. The van der Waals surface area contributed by atoms with E-state index in [-0.39, 0.29) is 0 Å². The average Bonchev–Trinajstić information content (AvgIpc) is 2.07. The molecule has 1 aromatic heterocycles. The number of nitrogens with two attached hydrogens (primary N) is 1. The van der Waals surface area contributed by atoms with Crippen molar-refractivity contribution in [1.29, 1.82) is 0 Å². The highest BCUT2D eigenvalue weighted by atomic mass is 14.8. The van der Waals surface area contributed by atoms with Crippen molar-refractivity contribution in [3.63, 3.8) is 0 Å². The van der Waals surface area contributed by atoms with Gasteiger partial charge < -0.3 is 5.73 Å². The number of hydrogen-bond acceptors (Lipinski definition) is 3. The van der Waals surface area contributed by atoms with Gasteiger partial charge in [-0.1, -0.05) is 6.08 Å². The normalized spacial score (nSPS) is 10.6. The molecule has 0 atom stereocenters. The molecule has 11 heavy (non-hydrogen) atoms. The van der Waals surface area contributed by atoms with Crippen LogP contribution in [0.3, 0.4) is 0 Å². The zero-order valence-corrected chi connectivity index (χ0v) is 6.27. The zero-order valence-electron chi connectivity index (χ0n) is 6.27. The van der Waals surface area contributed by atoms with Crippen LogP contribution in [0.5, 0.6) is 0 Å². The van der Waals surface area contributed by atoms with Gasteiger partial charge in [0, 0.05) is 12.4 Å². The largest absolute Gasteiger partial charge is 0.330 e. The Morgan fingerprint density at radius 2 is 2.09 bits per heavy atom. The lowest BCUT2D eigenvalue weighted by atomic mass is 10.3. The molecule has 0 saturated heterocycles. The minimum atomic E-state index is 0.670. The van der Waals surface area contributed by atoms with Crippen molar-refractivity contribution < 1.29 is 0 Å². The van der Waals surface area contributed by atoms with Gasteiger partial charge in [0.1, 0.15) is 0 Å². The first kappa shape index (κ1) is 7.88. The Hall–Kier alpha value is -1.22. The molecule has 1 heterocycles. The van der Waals surface area contributed by atoms with Crippen LogP contribution < -0.4 is 5.73 Å². The third kappa shape index (κ3) is 2.91. The first-order chi connectivity index (χ1) is 5.43. The fourth-order valence-electron chi connectivity index (χ4n) is 0.682. The number of nitrogens with zero attached hydrogens (tertiary/aromatic N) is 2. The van der Waals surface area contributed by atoms with Crippen molar-refractivity contribution in [2.45, 2.75) is 6.42 Å². The van der Waals surface area contributed by atoms with E-state index >= 15 is 0 Å². The van der Waals surface area contributed by atoms with Gasteiger partial charge in [-0.05, 0) is 25.1 Å². The molecular weight excluding hydrogens is 138 g/mol. The monoisotopic (exact) mass is 149 g/mol. The molecule has 1 rings (SSSR count). The second-order valence-corrected chi connectivity index (χ2v) is 2.09. The minimum absolute atomic E-state index is 0.670. The second-order valence-electron chi connectivity index (χ2n) is 2.09. The van der Waals surface area contributed by atoms with Gasteiger partial charge in [-0.15, -0.1) is 0 Å². The quantitative estimate of drug-likeness (QED) is 0.692. The van der Waals surface area contributed by atoms with Crippen molar-refractivity contribution in [3.05, 3.63) is 30.4 Å². The van der Waals surface area contributed by atoms with E-state index in [1.54, 1.807) is 18.5 Å². The third-order valence-corrected chi connectivity index (χ3v) is 1.19. The Kier molecular flexibility index (Phi) is 3.28. The SMILES string of the molecule is NCCC=Cc1ncccn1. The van der Waals surface area contributed by atoms with E-state index in [0.29, 0.717) is 6.54 Å². The van der Waals surface area contributed by atoms with Crippen molar-refractivity contribution in [3.8, 4) is 0 Å². The standard InChI is InChI=1S/C8H11N3/c9-5-2-1-4-8-10-6-3-7-11-8/h1,3-4,6-7H,2,5,9H2. The van der Waals surface area contributed by atoms with E-state index in [0.717, 1.165) is 12.2 Å². The molecule has 0 aromatic carbocycles. The molecule has 0 bridgehead atoms. The maximum absolute atomic E-state index is 5.30. The average molecular weight is 149 g/mol. The Morgan fingerprint density at radius 3 is 2.73 bits per heavy atom. The lowest BCUT2D eigenvalue weighted by molar-refractivity contribution is 1.01. The number of hydrogen-bond donors (Lipinski definition) is 1. The molecule has 3 heteroatoms. The van der Waals surface area contributed by atoms with E-state index in [1.165, 1.54) is 0 Å². The molecule has 2 N–H and O–H groups in total. The highest BCUT2D eigenvalue weighted by Crippen LogP contribution is 1.91.